The normalized spacial score (nSPS) is 10.3. The predicted octanol–water partition coefficient (Wildman–Crippen LogP) is 3.01. The van der Waals surface area contributed by atoms with E-state index >= 15 is 0 Å². The maximum atomic E-state index is 10.5. The number of nitro benzene ring substituents is 1. The lowest BCUT2D eigenvalue weighted by Gasteiger charge is -2.04. The molecule has 0 aliphatic carbocycles. The minimum absolute atomic E-state index is 0.107. The molecule has 1 aromatic carbocycles. The number of nitrogens with one attached hydrogen (secondary N) is 1. The molecule has 1 N–H and O–H groups in total. The van der Waals surface area contributed by atoms with Crippen molar-refractivity contribution in [1.29, 1.82) is 0 Å². The predicted molar refractivity (Wildman–Crippen MR) is 72.1 cm³/mol. The van der Waals surface area contributed by atoms with Gasteiger partial charge in [0.1, 0.15) is 0 Å². The second-order valence-electron chi connectivity index (χ2n) is 3.85. The van der Waals surface area contributed by atoms with Gasteiger partial charge < -0.3 is 5.32 Å². The average molecular weight is 263 g/mol. The van der Waals surface area contributed by atoms with Gasteiger partial charge in [-0.1, -0.05) is 0 Å². The van der Waals surface area contributed by atoms with Crippen LogP contribution in [0.4, 0.5) is 11.4 Å². The fourth-order valence-corrected chi connectivity index (χ4v) is 2.32. The number of hydrogen-bond acceptors (Lipinski definition) is 5. The molecular weight excluding hydrogens is 250 g/mol. The number of hydrogen-bond donors (Lipinski definition) is 1. The van der Waals surface area contributed by atoms with Gasteiger partial charge in [0, 0.05) is 41.9 Å². The molecule has 2 aromatic rings. The summed E-state index contributed by atoms with van der Waals surface area (Å²) in [6.07, 6.45) is 2.72. The molecule has 0 fully saturated rings. The van der Waals surface area contributed by atoms with Crippen LogP contribution < -0.4 is 5.32 Å². The van der Waals surface area contributed by atoms with Crippen molar-refractivity contribution in [2.24, 2.45) is 0 Å². The van der Waals surface area contributed by atoms with Gasteiger partial charge in [-0.05, 0) is 19.1 Å². The summed E-state index contributed by atoms with van der Waals surface area (Å²) in [6, 6.07) is 6.42. The van der Waals surface area contributed by atoms with Crippen LogP contribution in [-0.2, 0) is 6.42 Å². The van der Waals surface area contributed by atoms with Crippen molar-refractivity contribution in [3.8, 4) is 0 Å². The topological polar surface area (TPSA) is 68.1 Å². The Kier molecular flexibility index (Phi) is 3.88. The highest BCUT2D eigenvalue weighted by atomic mass is 32.1. The zero-order valence-electron chi connectivity index (χ0n) is 9.92. The second-order valence-corrected chi connectivity index (χ2v) is 5.16. The number of aromatic nitrogens is 1. The number of aryl methyl sites for hydroxylation is 1. The van der Waals surface area contributed by atoms with Gasteiger partial charge in [0.2, 0.25) is 0 Å². The summed E-state index contributed by atoms with van der Waals surface area (Å²) in [4.78, 5) is 15.6. The summed E-state index contributed by atoms with van der Waals surface area (Å²) in [7, 11) is 0. The highest BCUT2D eigenvalue weighted by Gasteiger charge is 2.03. The van der Waals surface area contributed by atoms with Crippen LogP contribution in [0.15, 0.2) is 30.5 Å². The molecule has 0 unspecified atom stereocenters. The van der Waals surface area contributed by atoms with Crippen LogP contribution in [0.3, 0.4) is 0 Å². The van der Waals surface area contributed by atoms with E-state index in [1.807, 2.05) is 13.1 Å². The van der Waals surface area contributed by atoms with E-state index in [2.05, 4.69) is 10.3 Å². The molecule has 6 heteroatoms. The number of rotatable bonds is 5. The zero-order valence-corrected chi connectivity index (χ0v) is 10.7. The summed E-state index contributed by atoms with van der Waals surface area (Å²) in [5.41, 5.74) is 0.991. The monoisotopic (exact) mass is 263 g/mol. The van der Waals surface area contributed by atoms with E-state index < -0.39 is 4.92 Å². The van der Waals surface area contributed by atoms with Gasteiger partial charge in [0.05, 0.1) is 9.93 Å². The Hall–Kier alpha value is -1.95. The van der Waals surface area contributed by atoms with Crippen molar-refractivity contribution in [2.45, 2.75) is 13.3 Å². The van der Waals surface area contributed by atoms with E-state index in [0.29, 0.717) is 0 Å². The number of thiazole rings is 1. The fraction of sp³-hybridized carbons (Fsp3) is 0.250. The molecule has 0 aliphatic rings. The van der Waals surface area contributed by atoms with Crippen LogP contribution in [0.25, 0.3) is 0 Å². The van der Waals surface area contributed by atoms with Crippen molar-refractivity contribution >= 4 is 22.7 Å². The molecule has 0 radical (unpaired) electrons. The highest BCUT2D eigenvalue weighted by Crippen LogP contribution is 2.16. The van der Waals surface area contributed by atoms with Crippen LogP contribution in [0.2, 0.25) is 0 Å². The molecule has 0 saturated carbocycles. The van der Waals surface area contributed by atoms with Gasteiger partial charge in [-0.25, -0.2) is 4.98 Å². The Labute approximate surface area is 109 Å². The standard InChI is InChI=1S/C12H13N3O2S/c1-9-8-14-12(18-9)6-7-13-10-2-4-11(5-3-10)15(16)17/h2-5,8,13H,6-7H2,1H3. The molecule has 1 aromatic heterocycles. The van der Waals surface area contributed by atoms with Crippen molar-refractivity contribution in [2.75, 3.05) is 11.9 Å². The fourth-order valence-electron chi connectivity index (χ4n) is 1.53. The van der Waals surface area contributed by atoms with Crippen molar-refractivity contribution in [3.05, 3.63) is 50.5 Å². The van der Waals surface area contributed by atoms with Gasteiger partial charge in [-0.15, -0.1) is 11.3 Å². The number of nitro groups is 1. The van der Waals surface area contributed by atoms with Gasteiger partial charge >= 0.3 is 0 Å². The van der Waals surface area contributed by atoms with E-state index in [4.69, 9.17) is 0 Å². The molecule has 18 heavy (non-hydrogen) atoms. The maximum Gasteiger partial charge on any atom is 0.269 e. The van der Waals surface area contributed by atoms with Gasteiger partial charge in [0.15, 0.2) is 0 Å². The lowest BCUT2D eigenvalue weighted by molar-refractivity contribution is -0.384. The number of anilines is 1. The number of benzene rings is 1. The molecule has 2 rings (SSSR count). The Balaban J connectivity index is 1.85. The first-order valence-corrected chi connectivity index (χ1v) is 6.36. The Bertz CT molecular complexity index is 537. The van der Waals surface area contributed by atoms with Crippen molar-refractivity contribution in [1.82, 2.24) is 4.98 Å². The molecule has 0 bridgehead atoms. The number of nitrogens with zero attached hydrogens (tertiary/aromatic N) is 2. The third-order valence-electron chi connectivity index (χ3n) is 2.42. The number of non-ortho nitro benzene ring substituents is 1. The quantitative estimate of drug-likeness (QED) is 0.665. The van der Waals surface area contributed by atoms with Crippen LogP contribution in [0.1, 0.15) is 9.88 Å². The van der Waals surface area contributed by atoms with Crippen LogP contribution in [0.5, 0.6) is 0 Å². The van der Waals surface area contributed by atoms with Crippen molar-refractivity contribution in [3.63, 3.8) is 0 Å². The Morgan fingerprint density at radius 2 is 2.11 bits per heavy atom. The average Bonchev–Trinajstić information content (AvgIpc) is 2.76. The molecule has 1 heterocycles. The maximum absolute atomic E-state index is 10.5. The molecule has 0 saturated heterocycles. The van der Waals surface area contributed by atoms with Crippen LogP contribution in [-0.4, -0.2) is 16.5 Å². The molecule has 0 atom stereocenters. The van der Waals surface area contributed by atoms with E-state index in [-0.39, 0.29) is 5.69 Å². The minimum Gasteiger partial charge on any atom is -0.385 e. The van der Waals surface area contributed by atoms with Gasteiger partial charge in [0.25, 0.3) is 5.69 Å². The zero-order chi connectivity index (χ0) is 13.0. The Morgan fingerprint density at radius 1 is 1.39 bits per heavy atom. The summed E-state index contributed by atoms with van der Waals surface area (Å²) >= 11 is 1.69. The molecule has 0 aliphatic heterocycles. The lowest BCUT2D eigenvalue weighted by Crippen LogP contribution is -2.04. The Morgan fingerprint density at radius 3 is 2.67 bits per heavy atom. The molecule has 5 nitrogen and oxygen atoms in total. The SMILES string of the molecule is Cc1cnc(CCNc2ccc([N+](=O)[O-])cc2)s1. The molecular formula is C12H13N3O2S. The van der Waals surface area contributed by atoms with Gasteiger partial charge in [-0.2, -0.15) is 0 Å². The summed E-state index contributed by atoms with van der Waals surface area (Å²) < 4.78 is 0. The summed E-state index contributed by atoms with van der Waals surface area (Å²) in [5, 5.41) is 14.8. The van der Waals surface area contributed by atoms with Crippen LogP contribution >= 0.6 is 11.3 Å². The second kappa shape index (κ2) is 5.59. The first kappa shape index (κ1) is 12.5. The lowest BCUT2D eigenvalue weighted by atomic mass is 10.3. The summed E-state index contributed by atoms with van der Waals surface area (Å²) in [5.74, 6) is 0. The smallest absolute Gasteiger partial charge is 0.269 e. The largest absolute Gasteiger partial charge is 0.385 e. The highest BCUT2D eigenvalue weighted by molar-refractivity contribution is 7.11. The first-order chi connectivity index (χ1) is 8.65. The van der Waals surface area contributed by atoms with E-state index in [9.17, 15) is 10.1 Å². The van der Waals surface area contributed by atoms with E-state index in [0.717, 1.165) is 23.7 Å². The third kappa shape index (κ3) is 3.27. The minimum atomic E-state index is -0.401. The molecule has 0 amide bonds. The van der Waals surface area contributed by atoms with E-state index in [1.54, 1.807) is 23.5 Å². The van der Waals surface area contributed by atoms with Gasteiger partial charge in [-0.3, -0.25) is 10.1 Å². The third-order valence-corrected chi connectivity index (χ3v) is 3.39. The first-order valence-electron chi connectivity index (χ1n) is 5.55. The van der Waals surface area contributed by atoms with E-state index in [1.165, 1.54) is 17.0 Å². The van der Waals surface area contributed by atoms with Crippen molar-refractivity contribution < 1.29 is 4.92 Å². The summed E-state index contributed by atoms with van der Waals surface area (Å²) in [6.45, 7) is 2.80. The molecule has 94 valence electrons. The molecule has 0 spiro atoms. The van der Waals surface area contributed by atoms with Crippen LogP contribution in [0, 0.1) is 17.0 Å².